The topological polar surface area (TPSA) is 70.7 Å². The quantitative estimate of drug-likeness (QED) is 0.558. The number of anilines is 1. The molecule has 2 atom stereocenters. The first kappa shape index (κ1) is 24.0. The molecule has 178 valence electrons. The number of benzene rings is 3. The van der Waals surface area contributed by atoms with E-state index in [-0.39, 0.29) is 23.4 Å². The predicted molar refractivity (Wildman–Crippen MR) is 124 cm³/mol. The van der Waals surface area contributed by atoms with Crippen molar-refractivity contribution < 1.29 is 23.4 Å². The van der Waals surface area contributed by atoms with Gasteiger partial charge in [-0.1, -0.05) is 50.2 Å². The summed E-state index contributed by atoms with van der Waals surface area (Å²) in [6, 6.07) is 16.0. The molecule has 3 aromatic rings. The van der Waals surface area contributed by atoms with Crippen LogP contribution in [0.4, 0.5) is 18.9 Å². The van der Waals surface area contributed by atoms with Crippen molar-refractivity contribution in [3.63, 3.8) is 0 Å². The van der Waals surface area contributed by atoms with Gasteiger partial charge in [-0.2, -0.15) is 18.4 Å². The number of hydrogen-bond acceptors (Lipinski definition) is 5. The summed E-state index contributed by atoms with van der Waals surface area (Å²) in [7, 11) is 0. The third-order valence-corrected chi connectivity index (χ3v) is 6.65. The molecule has 1 aliphatic heterocycles. The second-order valence-electron chi connectivity index (χ2n) is 8.45. The Morgan fingerprint density at radius 1 is 1.06 bits per heavy atom. The molecule has 4 rings (SSSR count). The molecule has 0 amide bonds. The fraction of sp³-hybridized carbons (Fsp3) is 0.346. The van der Waals surface area contributed by atoms with Gasteiger partial charge in [0.2, 0.25) is 0 Å². The van der Waals surface area contributed by atoms with Crippen molar-refractivity contribution in [1.29, 1.82) is 5.26 Å². The van der Waals surface area contributed by atoms with Crippen LogP contribution >= 0.6 is 0 Å². The van der Waals surface area contributed by atoms with Crippen LogP contribution in [-0.4, -0.2) is 47.5 Å². The zero-order valence-electron chi connectivity index (χ0n) is 19.0. The van der Waals surface area contributed by atoms with E-state index in [1.165, 1.54) is 11.0 Å². The minimum absolute atomic E-state index is 0.0155. The van der Waals surface area contributed by atoms with Crippen molar-refractivity contribution in [3.8, 4) is 6.07 Å². The molecule has 2 N–H and O–H groups in total. The van der Waals surface area contributed by atoms with Crippen molar-refractivity contribution >= 4 is 16.5 Å². The molecule has 0 fully saturated rings. The summed E-state index contributed by atoms with van der Waals surface area (Å²) in [5, 5.41) is 34.3. The van der Waals surface area contributed by atoms with Crippen LogP contribution in [0.5, 0.6) is 0 Å². The van der Waals surface area contributed by atoms with Crippen molar-refractivity contribution in [3.05, 3.63) is 76.9 Å². The molecule has 34 heavy (non-hydrogen) atoms. The van der Waals surface area contributed by atoms with Crippen LogP contribution in [0.15, 0.2) is 54.6 Å². The highest BCUT2D eigenvalue weighted by Crippen LogP contribution is 2.52. The Morgan fingerprint density at radius 3 is 2.35 bits per heavy atom. The number of likely N-dealkylation sites (N-methyl/N-ethyl adjacent to an activating group) is 1. The maximum atomic E-state index is 14.2. The van der Waals surface area contributed by atoms with E-state index in [4.69, 9.17) is 0 Å². The minimum atomic E-state index is -4.84. The summed E-state index contributed by atoms with van der Waals surface area (Å²) < 4.78 is 42.7. The van der Waals surface area contributed by atoms with Crippen LogP contribution in [0.2, 0.25) is 0 Å². The van der Waals surface area contributed by atoms with E-state index in [9.17, 15) is 28.6 Å². The first-order valence-corrected chi connectivity index (χ1v) is 11.2. The lowest BCUT2D eigenvalue weighted by Gasteiger charge is -2.33. The number of alkyl halides is 3. The van der Waals surface area contributed by atoms with Gasteiger partial charge >= 0.3 is 6.18 Å². The van der Waals surface area contributed by atoms with Crippen LogP contribution < -0.4 is 4.90 Å². The second kappa shape index (κ2) is 8.91. The monoisotopic (exact) mass is 469 g/mol. The first-order valence-electron chi connectivity index (χ1n) is 11.2. The van der Waals surface area contributed by atoms with Crippen molar-refractivity contribution in [2.45, 2.75) is 31.9 Å². The van der Waals surface area contributed by atoms with Crippen LogP contribution in [0, 0.1) is 11.3 Å². The zero-order chi connectivity index (χ0) is 24.7. The molecule has 0 bridgehead atoms. The highest BCUT2D eigenvalue weighted by molar-refractivity contribution is 5.84. The molecular formula is C26H26F3N3O2. The van der Waals surface area contributed by atoms with Crippen molar-refractivity contribution in [2.24, 2.45) is 0 Å². The largest absolute Gasteiger partial charge is 0.416 e. The highest BCUT2D eigenvalue weighted by Gasteiger charge is 2.55. The van der Waals surface area contributed by atoms with Gasteiger partial charge in [-0.15, -0.1) is 0 Å². The van der Waals surface area contributed by atoms with Crippen LogP contribution in [-0.2, 0) is 11.8 Å². The summed E-state index contributed by atoms with van der Waals surface area (Å²) in [5.74, 6) is 0. The van der Waals surface area contributed by atoms with E-state index in [1.54, 1.807) is 36.4 Å². The highest BCUT2D eigenvalue weighted by atomic mass is 19.4. The Labute approximate surface area is 196 Å². The standard InChI is InChI=1S/C26H26F3N3O2/c1-3-31(4-2)11-12-32-22-14-17(16-30)13-21(26(27,28)29)23(22)25(34,24(32)33)20-10-9-18-7-5-6-8-19(18)15-20/h5-10,13-15,24,33-34H,3-4,11-12H2,1-2H3. The van der Waals surface area contributed by atoms with E-state index in [2.05, 4.69) is 4.90 Å². The molecule has 0 spiro atoms. The van der Waals surface area contributed by atoms with Crippen LogP contribution in [0.3, 0.4) is 0 Å². The lowest BCUT2D eigenvalue weighted by atomic mass is 9.82. The Balaban J connectivity index is 1.95. The molecule has 1 heterocycles. The van der Waals surface area contributed by atoms with Crippen molar-refractivity contribution in [2.75, 3.05) is 31.1 Å². The smallest absolute Gasteiger partial charge is 0.376 e. The van der Waals surface area contributed by atoms with Crippen molar-refractivity contribution in [1.82, 2.24) is 4.90 Å². The summed E-state index contributed by atoms with van der Waals surface area (Å²) >= 11 is 0. The van der Waals surface area contributed by atoms with Gasteiger partial charge in [0, 0.05) is 24.3 Å². The van der Waals surface area contributed by atoms with Gasteiger partial charge in [0.15, 0.2) is 11.8 Å². The number of hydrogen-bond donors (Lipinski definition) is 2. The number of nitriles is 1. The van der Waals surface area contributed by atoms with E-state index in [0.717, 1.165) is 29.9 Å². The molecule has 0 saturated heterocycles. The Morgan fingerprint density at radius 2 is 1.74 bits per heavy atom. The number of aliphatic hydroxyl groups is 2. The molecule has 0 aliphatic carbocycles. The summed E-state index contributed by atoms with van der Waals surface area (Å²) in [6.07, 6.45) is -6.51. The molecule has 8 heteroatoms. The third-order valence-electron chi connectivity index (χ3n) is 6.65. The summed E-state index contributed by atoms with van der Waals surface area (Å²) in [5.41, 5.74) is -3.92. The van der Waals surface area contributed by atoms with E-state index >= 15 is 0 Å². The molecule has 0 aromatic heterocycles. The Hall–Kier alpha value is -3.12. The number of aliphatic hydroxyl groups excluding tert-OH is 1. The maximum absolute atomic E-state index is 14.2. The predicted octanol–water partition coefficient (Wildman–Crippen LogP) is 4.45. The molecule has 5 nitrogen and oxygen atoms in total. The number of rotatable bonds is 6. The average Bonchev–Trinajstić information content (AvgIpc) is 3.05. The molecule has 0 saturated carbocycles. The minimum Gasteiger partial charge on any atom is -0.376 e. The van der Waals surface area contributed by atoms with Gasteiger partial charge in [0.05, 0.1) is 17.2 Å². The summed E-state index contributed by atoms with van der Waals surface area (Å²) in [4.78, 5) is 3.44. The van der Waals surface area contributed by atoms with Gasteiger partial charge in [-0.25, -0.2) is 0 Å². The fourth-order valence-corrected chi connectivity index (χ4v) is 4.78. The lowest BCUT2D eigenvalue weighted by molar-refractivity contribution is -0.141. The van der Waals surface area contributed by atoms with E-state index in [1.807, 2.05) is 26.0 Å². The van der Waals surface area contributed by atoms with Gasteiger partial charge in [0.25, 0.3) is 0 Å². The van der Waals surface area contributed by atoms with Gasteiger partial charge in [-0.05, 0) is 47.6 Å². The van der Waals surface area contributed by atoms with Gasteiger partial charge in [0.1, 0.15) is 0 Å². The zero-order valence-corrected chi connectivity index (χ0v) is 19.0. The fourth-order valence-electron chi connectivity index (χ4n) is 4.78. The lowest BCUT2D eigenvalue weighted by Crippen LogP contribution is -2.48. The molecule has 2 unspecified atom stereocenters. The third kappa shape index (κ3) is 3.90. The molecule has 1 aliphatic rings. The van der Waals surface area contributed by atoms with E-state index in [0.29, 0.717) is 6.54 Å². The first-order chi connectivity index (χ1) is 16.1. The number of halogens is 3. The number of nitrogens with zero attached hydrogens (tertiary/aromatic N) is 3. The molecule has 3 aromatic carbocycles. The Kier molecular flexibility index (Phi) is 6.30. The average molecular weight is 470 g/mol. The van der Waals surface area contributed by atoms with Crippen LogP contribution in [0.25, 0.3) is 10.8 Å². The van der Waals surface area contributed by atoms with Gasteiger partial charge < -0.3 is 20.0 Å². The molecule has 0 radical (unpaired) electrons. The normalized spacial score (nSPS) is 20.1. The maximum Gasteiger partial charge on any atom is 0.416 e. The van der Waals surface area contributed by atoms with Gasteiger partial charge in [-0.3, -0.25) is 0 Å². The Bertz CT molecular complexity index is 1250. The second-order valence-corrected chi connectivity index (χ2v) is 8.45. The summed E-state index contributed by atoms with van der Waals surface area (Å²) in [6.45, 7) is 6.05. The molecular weight excluding hydrogens is 443 g/mol. The number of fused-ring (bicyclic) bond motifs is 2. The SMILES string of the molecule is CCN(CC)CCN1c2cc(C#N)cc(C(F)(F)F)c2C(O)(c2ccc3ccccc3c2)C1O. The van der Waals surface area contributed by atoms with E-state index < -0.39 is 29.1 Å². The van der Waals surface area contributed by atoms with Crippen LogP contribution in [0.1, 0.15) is 36.1 Å².